The highest BCUT2D eigenvalue weighted by atomic mass is 19.4. The van der Waals surface area contributed by atoms with Crippen molar-refractivity contribution in [2.24, 2.45) is 5.73 Å². The van der Waals surface area contributed by atoms with Gasteiger partial charge in [0.25, 0.3) is 0 Å². The van der Waals surface area contributed by atoms with Crippen LogP contribution < -0.4 is 5.73 Å². The topological polar surface area (TPSA) is 83.0 Å². The lowest BCUT2D eigenvalue weighted by Gasteiger charge is -2.38. The molecule has 0 radical (unpaired) electrons. The van der Waals surface area contributed by atoms with E-state index in [-0.39, 0.29) is 18.4 Å². The number of carbonyl (C=O) groups excluding carboxylic acids is 1. The number of nitrogens with zero attached hydrogens (tertiary/aromatic N) is 3. The highest BCUT2D eigenvalue weighted by molar-refractivity contribution is 5.84. The molecule has 0 aliphatic heterocycles. The first-order valence-corrected chi connectivity index (χ1v) is 10.6. The minimum atomic E-state index is -4.88. The van der Waals surface area contributed by atoms with E-state index in [1.165, 1.54) is 38.1 Å². The predicted molar refractivity (Wildman–Crippen MR) is 115 cm³/mol. The molecule has 1 amide bonds. The SMILES string of the molecule is Cc1ccc(-c2ccc([C@H](N(C(=O)[C@@H](N)CC(C)(C)F)C3(C#N)CC3)C(F)(F)F)cc2)cn1. The first-order chi connectivity index (χ1) is 15.3. The summed E-state index contributed by atoms with van der Waals surface area (Å²) in [6, 6.07) is 7.16. The Kier molecular flexibility index (Phi) is 6.53. The largest absolute Gasteiger partial charge is 0.413 e. The van der Waals surface area contributed by atoms with Crippen LogP contribution in [0.25, 0.3) is 11.1 Å². The molecule has 2 atom stereocenters. The molecule has 176 valence electrons. The van der Waals surface area contributed by atoms with E-state index in [0.29, 0.717) is 10.5 Å². The van der Waals surface area contributed by atoms with Crippen molar-refractivity contribution >= 4 is 5.91 Å². The number of halogens is 4. The van der Waals surface area contributed by atoms with Gasteiger partial charge in [-0.05, 0) is 50.8 Å². The zero-order valence-corrected chi connectivity index (χ0v) is 18.7. The Bertz CT molecular complexity index is 1030. The molecule has 0 bridgehead atoms. The predicted octanol–water partition coefficient (Wildman–Crippen LogP) is 5.01. The molecule has 0 unspecified atom stereocenters. The van der Waals surface area contributed by atoms with Crippen molar-refractivity contribution in [3.8, 4) is 17.2 Å². The Labute approximate surface area is 190 Å². The molecule has 3 rings (SSSR count). The van der Waals surface area contributed by atoms with E-state index in [4.69, 9.17) is 5.73 Å². The number of amides is 1. The van der Waals surface area contributed by atoms with Gasteiger partial charge in [0.1, 0.15) is 11.2 Å². The second-order valence-electron chi connectivity index (χ2n) is 9.14. The third kappa shape index (κ3) is 5.50. The van der Waals surface area contributed by atoms with E-state index >= 15 is 0 Å². The third-order valence-corrected chi connectivity index (χ3v) is 5.69. The zero-order valence-electron chi connectivity index (χ0n) is 18.7. The maximum absolute atomic E-state index is 14.4. The molecule has 0 spiro atoms. The van der Waals surface area contributed by atoms with Crippen LogP contribution in [0.15, 0.2) is 42.6 Å². The molecule has 1 heterocycles. The zero-order chi connectivity index (χ0) is 24.6. The number of aromatic nitrogens is 1. The number of alkyl halides is 4. The maximum atomic E-state index is 14.4. The average Bonchev–Trinajstić information content (AvgIpc) is 3.51. The summed E-state index contributed by atoms with van der Waals surface area (Å²) in [6.07, 6.45) is -3.52. The molecule has 1 aromatic carbocycles. The lowest BCUT2D eigenvalue weighted by Crippen LogP contribution is -2.55. The molecule has 1 aromatic heterocycles. The van der Waals surface area contributed by atoms with E-state index in [2.05, 4.69) is 4.98 Å². The van der Waals surface area contributed by atoms with Gasteiger partial charge < -0.3 is 10.6 Å². The molecular weight excluding hydrogens is 436 g/mol. The van der Waals surface area contributed by atoms with Crippen LogP contribution in [0.2, 0.25) is 0 Å². The number of benzene rings is 1. The van der Waals surface area contributed by atoms with Crippen LogP contribution in [0.1, 0.15) is 50.4 Å². The minimum absolute atomic E-state index is 0.0979. The fraction of sp³-hybridized carbons (Fsp3) is 0.458. The molecule has 33 heavy (non-hydrogen) atoms. The molecule has 1 saturated carbocycles. The summed E-state index contributed by atoms with van der Waals surface area (Å²) in [7, 11) is 0. The van der Waals surface area contributed by atoms with E-state index in [0.717, 1.165) is 11.3 Å². The number of nitriles is 1. The molecule has 1 aliphatic carbocycles. The van der Waals surface area contributed by atoms with Gasteiger partial charge in [-0.25, -0.2) is 4.39 Å². The second kappa shape index (κ2) is 8.75. The van der Waals surface area contributed by atoms with Gasteiger partial charge >= 0.3 is 6.18 Å². The fourth-order valence-electron chi connectivity index (χ4n) is 3.88. The summed E-state index contributed by atoms with van der Waals surface area (Å²) >= 11 is 0. The van der Waals surface area contributed by atoms with Crippen LogP contribution in [0, 0.1) is 18.3 Å². The first-order valence-electron chi connectivity index (χ1n) is 10.6. The summed E-state index contributed by atoms with van der Waals surface area (Å²) in [5, 5.41) is 9.63. The van der Waals surface area contributed by atoms with Crippen molar-refractivity contribution in [3.63, 3.8) is 0 Å². The molecule has 2 N–H and O–H groups in total. The van der Waals surface area contributed by atoms with E-state index in [9.17, 15) is 27.6 Å². The van der Waals surface area contributed by atoms with Gasteiger partial charge in [-0.1, -0.05) is 30.3 Å². The molecule has 1 fully saturated rings. The number of nitrogens with two attached hydrogens (primary N) is 1. The van der Waals surface area contributed by atoms with Gasteiger partial charge in [-0.3, -0.25) is 9.78 Å². The smallest absolute Gasteiger partial charge is 0.320 e. The van der Waals surface area contributed by atoms with Gasteiger partial charge in [0, 0.05) is 23.9 Å². The molecule has 5 nitrogen and oxygen atoms in total. The number of aryl methyl sites for hydroxylation is 1. The maximum Gasteiger partial charge on any atom is 0.413 e. The van der Waals surface area contributed by atoms with Crippen molar-refractivity contribution in [3.05, 3.63) is 53.9 Å². The fourth-order valence-corrected chi connectivity index (χ4v) is 3.88. The average molecular weight is 462 g/mol. The molecule has 2 aromatic rings. The molecular formula is C24H26F4N4O. The second-order valence-corrected chi connectivity index (χ2v) is 9.14. The number of pyridine rings is 1. The van der Waals surface area contributed by atoms with E-state index in [1.54, 1.807) is 18.3 Å². The van der Waals surface area contributed by atoms with Crippen LogP contribution in [-0.2, 0) is 4.79 Å². The summed E-state index contributed by atoms with van der Waals surface area (Å²) < 4.78 is 57.2. The summed E-state index contributed by atoms with van der Waals surface area (Å²) in [4.78, 5) is 17.8. The Morgan fingerprint density at radius 2 is 1.73 bits per heavy atom. The lowest BCUT2D eigenvalue weighted by atomic mass is 9.95. The Morgan fingerprint density at radius 3 is 2.15 bits per heavy atom. The van der Waals surface area contributed by atoms with Crippen molar-refractivity contribution in [1.82, 2.24) is 9.88 Å². The number of hydrogen-bond donors (Lipinski definition) is 1. The highest BCUT2D eigenvalue weighted by Gasteiger charge is 2.60. The van der Waals surface area contributed by atoms with Gasteiger partial charge in [-0.2, -0.15) is 18.4 Å². The number of carbonyl (C=O) groups is 1. The van der Waals surface area contributed by atoms with Crippen molar-refractivity contribution in [2.45, 2.75) is 69.5 Å². The van der Waals surface area contributed by atoms with Crippen LogP contribution in [0.3, 0.4) is 0 Å². The van der Waals surface area contributed by atoms with Crippen LogP contribution in [0.5, 0.6) is 0 Å². The molecule has 9 heteroatoms. The normalized spacial score (nSPS) is 17.1. The summed E-state index contributed by atoms with van der Waals surface area (Å²) in [5.41, 5.74) is 4.35. The van der Waals surface area contributed by atoms with Crippen LogP contribution in [0.4, 0.5) is 17.6 Å². The van der Waals surface area contributed by atoms with Crippen molar-refractivity contribution < 1.29 is 22.4 Å². The van der Waals surface area contributed by atoms with Gasteiger partial charge in [0.2, 0.25) is 5.91 Å². The Balaban J connectivity index is 2.02. The lowest BCUT2D eigenvalue weighted by molar-refractivity contribution is -0.198. The minimum Gasteiger partial charge on any atom is -0.320 e. The molecule has 1 aliphatic rings. The quantitative estimate of drug-likeness (QED) is 0.587. The Hall–Kier alpha value is -2.99. The van der Waals surface area contributed by atoms with Crippen molar-refractivity contribution in [2.75, 3.05) is 0 Å². The van der Waals surface area contributed by atoms with Crippen molar-refractivity contribution in [1.29, 1.82) is 5.26 Å². The van der Waals surface area contributed by atoms with Crippen LogP contribution in [-0.4, -0.2) is 39.2 Å². The summed E-state index contributed by atoms with van der Waals surface area (Å²) in [6.45, 7) is 4.22. The number of rotatable bonds is 7. The summed E-state index contributed by atoms with van der Waals surface area (Å²) in [5.74, 6) is -1.09. The van der Waals surface area contributed by atoms with Crippen LogP contribution >= 0.6 is 0 Å². The van der Waals surface area contributed by atoms with E-state index < -0.39 is 41.8 Å². The molecule has 0 saturated heterocycles. The van der Waals surface area contributed by atoms with Gasteiger partial charge in [0.15, 0.2) is 6.04 Å². The Morgan fingerprint density at radius 1 is 1.15 bits per heavy atom. The first kappa shape index (κ1) is 24.6. The standard InChI is InChI=1S/C24H26F4N4O/c1-15-4-5-18(13-31-15)16-6-8-17(9-7-16)20(24(26,27)28)32(23(14-29)10-11-23)21(33)19(30)12-22(2,3)25/h4-9,13,19-20H,10-12,30H2,1-3H3/t19-,20-/m0/s1. The van der Waals surface area contributed by atoms with Gasteiger partial charge in [-0.15, -0.1) is 0 Å². The number of hydrogen-bond acceptors (Lipinski definition) is 4. The third-order valence-electron chi connectivity index (χ3n) is 5.69. The highest BCUT2D eigenvalue weighted by Crippen LogP contribution is 2.50. The monoisotopic (exact) mass is 462 g/mol. The van der Waals surface area contributed by atoms with E-state index in [1.807, 2.05) is 13.0 Å². The van der Waals surface area contributed by atoms with Gasteiger partial charge in [0.05, 0.1) is 12.1 Å².